The van der Waals surface area contributed by atoms with Crippen LogP contribution < -0.4 is 5.73 Å². The zero-order valence-corrected chi connectivity index (χ0v) is 13.9. The minimum absolute atomic E-state index is 0.0379. The van der Waals surface area contributed by atoms with E-state index in [1.54, 1.807) is 18.2 Å². The van der Waals surface area contributed by atoms with Crippen LogP contribution in [0.15, 0.2) is 36.5 Å². The highest BCUT2D eigenvalue weighted by Crippen LogP contribution is 2.27. The Labute approximate surface area is 151 Å². The number of aromatic carboxylic acids is 1. The molecule has 3 N–H and O–H groups in total. The van der Waals surface area contributed by atoms with Crippen molar-refractivity contribution >= 4 is 23.5 Å². The van der Waals surface area contributed by atoms with Gasteiger partial charge in [0.05, 0.1) is 11.3 Å². The number of nitrogen functional groups attached to an aromatic ring is 1. The van der Waals surface area contributed by atoms with Gasteiger partial charge in [-0.25, -0.2) is 19.4 Å². The molecule has 0 aliphatic carbocycles. The average molecular weight is 380 g/mol. The summed E-state index contributed by atoms with van der Waals surface area (Å²) in [6, 6.07) is 7.64. The lowest BCUT2D eigenvalue weighted by atomic mass is 9.99. The fourth-order valence-corrected chi connectivity index (χ4v) is 2.71. The predicted octanol–water partition coefficient (Wildman–Crippen LogP) is 3.26. The lowest BCUT2D eigenvalue weighted by Gasteiger charge is -2.06. The van der Waals surface area contributed by atoms with Crippen LogP contribution in [0.4, 0.5) is 14.7 Å². The summed E-state index contributed by atoms with van der Waals surface area (Å²) in [7, 11) is 0. The summed E-state index contributed by atoms with van der Waals surface area (Å²) in [6.45, 7) is -2.87. The van der Waals surface area contributed by atoms with Gasteiger partial charge in [0.25, 0.3) is 0 Å². The second-order valence-electron chi connectivity index (χ2n) is 5.33. The number of nitrogens with zero attached hydrogens (tertiary/aromatic N) is 4. The minimum Gasteiger partial charge on any atom is -0.478 e. The van der Waals surface area contributed by atoms with Crippen LogP contribution in [0.2, 0.25) is 5.15 Å². The molecule has 0 atom stereocenters. The van der Waals surface area contributed by atoms with E-state index in [1.807, 2.05) is 0 Å². The second-order valence-corrected chi connectivity index (χ2v) is 5.72. The molecule has 0 saturated carbocycles. The van der Waals surface area contributed by atoms with Crippen molar-refractivity contribution in [3.8, 4) is 11.4 Å². The van der Waals surface area contributed by atoms with Crippen LogP contribution in [0.3, 0.4) is 0 Å². The number of rotatable bonds is 5. The van der Waals surface area contributed by atoms with Crippen molar-refractivity contribution in [1.29, 1.82) is 0 Å². The highest BCUT2D eigenvalue weighted by Gasteiger charge is 2.20. The Bertz CT molecular complexity index is 957. The number of carboxylic acids is 1. The molecule has 2 heterocycles. The number of benzene rings is 1. The molecule has 0 bridgehead atoms. The van der Waals surface area contributed by atoms with Gasteiger partial charge in [0, 0.05) is 24.2 Å². The molecular weight excluding hydrogens is 368 g/mol. The van der Waals surface area contributed by atoms with E-state index in [9.17, 15) is 18.7 Å². The van der Waals surface area contributed by atoms with Gasteiger partial charge in [0.2, 0.25) is 5.95 Å². The van der Waals surface area contributed by atoms with Crippen molar-refractivity contribution in [2.75, 3.05) is 5.73 Å². The average Bonchev–Trinajstić information content (AvgIpc) is 2.98. The van der Waals surface area contributed by atoms with Gasteiger partial charge in [0.15, 0.2) is 0 Å². The van der Waals surface area contributed by atoms with Crippen LogP contribution in [0, 0.1) is 0 Å². The summed E-state index contributed by atoms with van der Waals surface area (Å²) < 4.78 is 26.7. The summed E-state index contributed by atoms with van der Waals surface area (Å²) in [6.07, 6.45) is 1.21. The van der Waals surface area contributed by atoms with Crippen LogP contribution in [-0.2, 0) is 6.42 Å². The van der Waals surface area contributed by atoms with E-state index in [4.69, 9.17) is 17.3 Å². The molecule has 0 unspecified atom stereocenters. The third-order valence-corrected chi connectivity index (χ3v) is 3.78. The number of halogens is 3. The van der Waals surface area contributed by atoms with Gasteiger partial charge in [-0.2, -0.15) is 13.9 Å². The molecular formula is C16H12ClF2N5O2. The monoisotopic (exact) mass is 379 g/mol. The third kappa shape index (κ3) is 3.62. The van der Waals surface area contributed by atoms with Gasteiger partial charge in [-0.05, 0) is 11.6 Å². The maximum Gasteiger partial charge on any atom is 0.335 e. The topological polar surface area (TPSA) is 107 Å². The van der Waals surface area contributed by atoms with Crippen molar-refractivity contribution in [3.63, 3.8) is 0 Å². The smallest absolute Gasteiger partial charge is 0.335 e. The van der Waals surface area contributed by atoms with E-state index < -0.39 is 12.5 Å². The molecule has 0 saturated heterocycles. The van der Waals surface area contributed by atoms with Crippen LogP contribution in [-0.4, -0.2) is 30.8 Å². The van der Waals surface area contributed by atoms with Gasteiger partial charge in [-0.1, -0.05) is 29.8 Å². The SMILES string of the molecule is Nc1nc(Cl)cc(-c2nn(C(F)F)cc2Cc2ccccc2C(=O)O)n1. The number of carbonyl (C=O) groups is 1. The van der Waals surface area contributed by atoms with Crippen molar-refractivity contribution in [3.05, 3.63) is 58.4 Å². The molecule has 134 valence electrons. The molecule has 3 rings (SSSR count). The normalized spacial score (nSPS) is 11.1. The fraction of sp³-hybridized carbons (Fsp3) is 0.125. The zero-order chi connectivity index (χ0) is 18.8. The maximum atomic E-state index is 13.1. The van der Waals surface area contributed by atoms with Crippen LogP contribution >= 0.6 is 11.6 Å². The summed E-state index contributed by atoms with van der Waals surface area (Å²) in [5.74, 6) is -1.24. The number of hydrogen-bond donors (Lipinski definition) is 2. The molecule has 7 nitrogen and oxygen atoms in total. The summed E-state index contributed by atoms with van der Waals surface area (Å²) in [5, 5.41) is 13.2. The van der Waals surface area contributed by atoms with Crippen molar-refractivity contribution in [1.82, 2.24) is 19.7 Å². The van der Waals surface area contributed by atoms with Crippen LogP contribution in [0.25, 0.3) is 11.4 Å². The molecule has 26 heavy (non-hydrogen) atoms. The second kappa shape index (κ2) is 7.04. The van der Waals surface area contributed by atoms with E-state index in [1.165, 1.54) is 12.1 Å². The molecule has 0 aliphatic rings. The predicted molar refractivity (Wildman–Crippen MR) is 90.1 cm³/mol. The first-order valence-corrected chi connectivity index (χ1v) is 7.70. The van der Waals surface area contributed by atoms with Gasteiger partial charge in [-0.15, -0.1) is 0 Å². The van der Waals surface area contributed by atoms with E-state index in [-0.39, 0.29) is 34.5 Å². The quantitative estimate of drug-likeness (QED) is 0.659. The minimum atomic E-state index is -2.87. The Kier molecular flexibility index (Phi) is 4.81. The number of hydrogen-bond acceptors (Lipinski definition) is 5. The molecule has 2 aromatic heterocycles. The Balaban J connectivity index is 2.11. The first kappa shape index (κ1) is 17.7. The number of anilines is 1. The third-order valence-electron chi connectivity index (χ3n) is 3.59. The molecule has 0 fully saturated rings. The Morgan fingerprint density at radius 2 is 2.00 bits per heavy atom. The van der Waals surface area contributed by atoms with E-state index in [0.29, 0.717) is 15.8 Å². The molecule has 10 heteroatoms. The van der Waals surface area contributed by atoms with Crippen molar-refractivity contribution in [2.45, 2.75) is 13.0 Å². The van der Waals surface area contributed by atoms with E-state index in [0.717, 1.165) is 6.20 Å². The fourth-order valence-electron chi connectivity index (χ4n) is 2.52. The highest BCUT2D eigenvalue weighted by atomic mass is 35.5. The molecule has 0 spiro atoms. The number of aromatic nitrogens is 4. The van der Waals surface area contributed by atoms with Gasteiger partial charge in [-0.3, -0.25) is 0 Å². The van der Waals surface area contributed by atoms with E-state index in [2.05, 4.69) is 15.1 Å². The van der Waals surface area contributed by atoms with Gasteiger partial charge in [0.1, 0.15) is 10.8 Å². The summed E-state index contributed by atoms with van der Waals surface area (Å²) in [4.78, 5) is 19.1. The summed E-state index contributed by atoms with van der Waals surface area (Å²) >= 11 is 5.86. The lowest BCUT2D eigenvalue weighted by molar-refractivity contribution is 0.0567. The lowest BCUT2D eigenvalue weighted by Crippen LogP contribution is -2.03. The largest absolute Gasteiger partial charge is 0.478 e. The maximum absolute atomic E-state index is 13.1. The summed E-state index contributed by atoms with van der Waals surface area (Å²) in [5.41, 5.74) is 6.74. The molecule has 1 aromatic carbocycles. The number of alkyl halides is 2. The first-order valence-electron chi connectivity index (χ1n) is 7.33. The standard InChI is InChI=1S/C16H12ClF2N5O2/c17-12-6-11(21-16(20)22-12)13-9(7-24(23-13)15(18)19)5-8-3-1-2-4-10(8)14(25)26/h1-4,6-7,15H,5H2,(H,25,26)(H2,20,21,22). The zero-order valence-electron chi connectivity index (χ0n) is 13.1. The van der Waals surface area contributed by atoms with Gasteiger partial charge >= 0.3 is 12.5 Å². The molecule has 3 aromatic rings. The van der Waals surface area contributed by atoms with Crippen LogP contribution in [0.1, 0.15) is 28.0 Å². The highest BCUT2D eigenvalue weighted by molar-refractivity contribution is 6.29. The molecule has 0 aliphatic heterocycles. The molecule has 0 radical (unpaired) electrons. The van der Waals surface area contributed by atoms with Crippen molar-refractivity contribution in [2.24, 2.45) is 0 Å². The van der Waals surface area contributed by atoms with E-state index >= 15 is 0 Å². The number of nitrogens with two attached hydrogens (primary N) is 1. The Morgan fingerprint density at radius 3 is 2.65 bits per heavy atom. The van der Waals surface area contributed by atoms with Gasteiger partial charge < -0.3 is 10.8 Å². The van der Waals surface area contributed by atoms with Crippen molar-refractivity contribution < 1.29 is 18.7 Å². The Hall–Kier alpha value is -3.07. The van der Waals surface area contributed by atoms with Crippen LogP contribution in [0.5, 0.6) is 0 Å². The number of carboxylic acid groups (broad SMARTS) is 1. The molecule has 0 amide bonds. The first-order chi connectivity index (χ1) is 12.3. The Morgan fingerprint density at radius 1 is 1.27 bits per heavy atom.